The van der Waals surface area contributed by atoms with Crippen LogP contribution in [-0.4, -0.2) is 11.8 Å². The number of carbonyl (C=O) groups excluding carboxylic acids is 1. The molecule has 1 aliphatic rings. The van der Waals surface area contributed by atoms with Gasteiger partial charge >= 0.3 is 0 Å². The van der Waals surface area contributed by atoms with Crippen molar-refractivity contribution in [3.8, 4) is 0 Å². The normalized spacial score (nSPS) is 38.0. The van der Waals surface area contributed by atoms with Gasteiger partial charge < -0.3 is 5.73 Å². The molecule has 0 fully saturated rings. The van der Waals surface area contributed by atoms with E-state index in [9.17, 15) is 4.79 Å². The van der Waals surface area contributed by atoms with Crippen LogP contribution in [0, 0.1) is 5.92 Å². The predicted octanol–water partition coefficient (Wildman–Crippen LogP) is 0.556. The first-order valence-corrected chi connectivity index (χ1v) is 3.19. The molecule has 0 aliphatic heterocycles. The summed E-state index contributed by atoms with van der Waals surface area (Å²) in [6, 6.07) is 0. The van der Waals surface area contributed by atoms with Crippen molar-refractivity contribution in [1.82, 2.24) is 0 Å². The van der Waals surface area contributed by atoms with Crippen molar-refractivity contribution in [3.05, 3.63) is 24.3 Å². The summed E-state index contributed by atoms with van der Waals surface area (Å²) in [5.41, 5.74) is 5.19. The molecule has 10 heavy (non-hydrogen) atoms. The molecule has 0 saturated carbocycles. The average molecular weight is 136 g/mol. The molecule has 0 aromatic rings. The minimum absolute atomic E-state index is 0.294. The molecule has 0 amide bonds. The summed E-state index contributed by atoms with van der Waals surface area (Å²) in [5.74, 6) is -0.294. The first-order valence-electron chi connectivity index (χ1n) is 3.19. The molecular formula is C8H10NO. The molecule has 2 unspecified atom stereocenters. The van der Waals surface area contributed by atoms with Crippen molar-refractivity contribution >= 4 is 6.29 Å². The van der Waals surface area contributed by atoms with E-state index in [1.54, 1.807) is 6.08 Å². The molecule has 0 aromatic heterocycles. The molecule has 2 heteroatoms. The van der Waals surface area contributed by atoms with Gasteiger partial charge in [0.2, 0.25) is 6.29 Å². The highest BCUT2D eigenvalue weighted by Crippen LogP contribution is 2.18. The van der Waals surface area contributed by atoms with E-state index in [1.165, 1.54) is 0 Å². The third kappa shape index (κ3) is 1.16. The molecule has 2 N–H and O–H groups in total. The minimum atomic E-state index is -0.545. The van der Waals surface area contributed by atoms with Gasteiger partial charge in [-0.15, -0.1) is 0 Å². The standard InChI is InChI=1S/C8H10NO/c1-8(9)5-3-2-4-7(8)6-10/h2-5,7H,9H2,1H3. The quantitative estimate of drug-likeness (QED) is 0.572. The van der Waals surface area contributed by atoms with Crippen molar-refractivity contribution in [2.45, 2.75) is 12.5 Å². The maximum absolute atomic E-state index is 10.3. The van der Waals surface area contributed by atoms with Crippen molar-refractivity contribution < 1.29 is 4.79 Å². The van der Waals surface area contributed by atoms with Crippen LogP contribution in [0.15, 0.2) is 24.3 Å². The van der Waals surface area contributed by atoms with Gasteiger partial charge in [0.1, 0.15) is 0 Å². The van der Waals surface area contributed by atoms with Gasteiger partial charge in [0.25, 0.3) is 0 Å². The summed E-state index contributed by atoms with van der Waals surface area (Å²) in [6.07, 6.45) is 9.10. The minimum Gasteiger partial charge on any atom is -0.321 e. The van der Waals surface area contributed by atoms with E-state index in [0.29, 0.717) is 0 Å². The fraction of sp³-hybridized carbons (Fsp3) is 0.375. The first-order chi connectivity index (χ1) is 4.67. The van der Waals surface area contributed by atoms with Crippen molar-refractivity contribution in [1.29, 1.82) is 0 Å². The lowest BCUT2D eigenvalue weighted by Crippen LogP contribution is -2.42. The smallest absolute Gasteiger partial charge is 0.208 e. The molecule has 2 atom stereocenters. The van der Waals surface area contributed by atoms with Crippen LogP contribution in [0.5, 0.6) is 0 Å². The van der Waals surface area contributed by atoms with Crippen LogP contribution in [0.4, 0.5) is 0 Å². The Morgan fingerprint density at radius 3 is 2.70 bits per heavy atom. The molecule has 0 saturated heterocycles. The third-order valence-corrected chi connectivity index (χ3v) is 1.67. The Hall–Kier alpha value is -0.890. The molecule has 53 valence electrons. The Balaban J connectivity index is 2.84. The van der Waals surface area contributed by atoms with Gasteiger partial charge in [-0.3, -0.25) is 4.79 Å². The Bertz CT molecular complexity index is 191. The van der Waals surface area contributed by atoms with E-state index in [1.807, 2.05) is 31.4 Å². The van der Waals surface area contributed by atoms with Gasteiger partial charge in [-0.1, -0.05) is 24.3 Å². The lowest BCUT2D eigenvalue weighted by Gasteiger charge is -2.25. The highest BCUT2D eigenvalue weighted by atomic mass is 16.1. The van der Waals surface area contributed by atoms with Crippen LogP contribution in [0.25, 0.3) is 0 Å². The van der Waals surface area contributed by atoms with Gasteiger partial charge in [-0.25, -0.2) is 0 Å². The molecule has 0 bridgehead atoms. The van der Waals surface area contributed by atoms with Gasteiger partial charge in [0, 0.05) is 5.54 Å². The Labute approximate surface area is 60.4 Å². The molecule has 0 spiro atoms. The van der Waals surface area contributed by atoms with E-state index in [2.05, 4.69) is 0 Å². The summed E-state index contributed by atoms with van der Waals surface area (Å²) < 4.78 is 0. The van der Waals surface area contributed by atoms with Crippen LogP contribution in [0.3, 0.4) is 0 Å². The summed E-state index contributed by atoms with van der Waals surface area (Å²) in [6.45, 7) is 1.81. The Kier molecular flexibility index (Phi) is 1.72. The second-order valence-corrected chi connectivity index (χ2v) is 2.71. The third-order valence-electron chi connectivity index (χ3n) is 1.67. The number of nitrogens with two attached hydrogens (primary N) is 1. The fourth-order valence-corrected chi connectivity index (χ4v) is 0.915. The fourth-order valence-electron chi connectivity index (χ4n) is 0.915. The van der Waals surface area contributed by atoms with E-state index in [4.69, 9.17) is 5.73 Å². The monoisotopic (exact) mass is 136 g/mol. The number of hydrogen-bond donors (Lipinski definition) is 1. The average Bonchev–Trinajstić information content (AvgIpc) is 1.87. The lowest BCUT2D eigenvalue weighted by atomic mass is 9.84. The summed E-state index contributed by atoms with van der Waals surface area (Å²) in [4.78, 5) is 10.3. The first kappa shape index (κ1) is 7.22. The summed E-state index contributed by atoms with van der Waals surface area (Å²) in [5, 5.41) is 0. The maximum atomic E-state index is 10.3. The zero-order valence-electron chi connectivity index (χ0n) is 5.87. The molecule has 1 radical (unpaired) electrons. The summed E-state index contributed by atoms with van der Waals surface area (Å²) >= 11 is 0. The molecule has 1 rings (SSSR count). The Morgan fingerprint density at radius 1 is 1.60 bits per heavy atom. The predicted molar refractivity (Wildman–Crippen MR) is 40.1 cm³/mol. The van der Waals surface area contributed by atoms with Gasteiger partial charge in [0.05, 0.1) is 5.92 Å². The van der Waals surface area contributed by atoms with Gasteiger partial charge in [-0.2, -0.15) is 0 Å². The van der Waals surface area contributed by atoms with E-state index in [0.717, 1.165) is 0 Å². The highest BCUT2D eigenvalue weighted by molar-refractivity contribution is 5.62. The van der Waals surface area contributed by atoms with Crippen molar-refractivity contribution in [2.24, 2.45) is 11.7 Å². The van der Waals surface area contributed by atoms with Crippen LogP contribution < -0.4 is 5.73 Å². The van der Waals surface area contributed by atoms with Crippen LogP contribution in [-0.2, 0) is 4.79 Å². The van der Waals surface area contributed by atoms with Crippen LogP contribution in [0.1, 0.15) is 6.92 Å². The molecule has 0 aromatic carbocycles. The van der Waals surface area contributed by atoms with Crippen molar-refractivity contribution in [3.63, 3.8) is 0 Å². The second-order valence-electron chi connectivity index (χ2n) is 2.71. The topological polar surface area (TPSA) is 43.1 Å². The van der Waals surface area contributed by atoms with Gasteiger partial charge in [0.15, 0.2) is 0 Å². The number of hydrogen-bond acceptors (Lipinski definition) is 2. The summed E-state index contributed by atoms with van der Waals surface area (Å²) in [7, 11) is 0. The molecular weight excluding hydrogens is 126 g/mol. The molecule has 1 aliphatic carbocycles. The molecule has 0 heterocycles. The lowest BCUT2D eigenvalue weighted by molar-refractivity contribution is 0.469. The maximum Gasteiger partial charge on any atom is 0.208 e. The second kappa shape index (κ2) is 2.39. The van der Waals surface area contributed by atoms with E-state index in [-0.39, 0.29) is 5.92 Å². The van der Waals surface area contributed by atoms with E-state index >= 15 is 0 Å². The van der Waals surface area contributed by atoms with E-state index < -0.39 is 5.54 Å². The Morgan fingerprint density at radius 2 is 2.30 bits per heavy atom. The van der Waals surface area contributed by atoms with Crippen LogP contribution in [0.2, 0.25) is 0 Å². The number of rotatable bonds is 1. The van der Waals surface area contributed by atoms with Crippen molar-refractivity contribution in [2.75, 3.05) is 0 Å². The number of allylic oxidation sites excluding steroid dienone is 2. The van der Waals surface area contributed by atoms with Crippen LogP contribution >= 0.6 is 0 Å². The zero-order chi connectivity index (χ0) is 7.61. The largest absolute Gasteiger partial charge is 0.321 e. The zero-order valence-corrected chi connectivity index (χ0v) is 5.87. The van der Waals surface area contributed by atoms with Gasteiger partial charge in [-0.05, 0) is 6.92 Å². The SMILES string of the molecule is CC1(N)C=CC=CC1[C]=O. The molecule has 2 nitrogen and oxygen atoms in total. The highest BCUT2D eigenvalue weighted by Gasteiger charge is 2.26.